The van der Waals surface area contributed by atoms with Crippen LogP contribution in [-0.4, -0.2) is 26.5 Å². The minimum Gasteiger partial charge on any atom is -0.360 e. The Morgan fingerprint density at radius 1 is 1.35 bits per heavy atom. The lowest BCUT2D eigenvalue weighted by atomic mass is 10.3. The van der Waals surface area contributed by atoms with Gasteiger partial charge in [-0.15, -0.1) is 10.2 Å². The van der Waals surface area contributed by atoms with Crippen LogP contribution in [0.5, 0.6) is 0 Å². The second-order valence-corrected chi connectivity index (χ2v) is 7.76. The molecule has 7 nitrogen and oxygen atoms in total. The lowest BCUT2D eigenvalue weighted by Gasteiger charge is -2.10. The number of aryl methyl sites for hydroxylation is 1. The van der Waals surface area contributed by atoms with E-state index >= 15 is 0 Å². The second kappa shape index (κ2) is 8.28. The van der Waals surface area contributed by atoms with Crippen LogP contribution in [0.15, 0.2) is 39.2 Å². The minimum atomic E-state index is -0.335. The molecule has 0 fully saturated rings. The van der Waals surface area contributed by atoms with Gasteiger partial charge in [-0.2, -0.15) is 0 Å². The number of aromatic nitrogens is 3. The molecule has 0 aliphatic carbocycles. The monoisotopic (exact) mass is 393 g/mol. The summed E-state index contributed by atoms with van der Waals surface area (Å²) in [6.45, 7) is 3.68. The van der Waals surface area contributed by atoms with Crippen LogP contribution in [0.1, 0.15) is 19.1 Å². The molecule has 0 aliphatic heterocycles. The molecule has 0 saturated carbocycles. The van der Waals surface area contributed by atoms with Gasteiger partial charge in [0.2, 0.25) is 11.0 Å². The fourth-order valence-electron chi connectivity index (χ4n) is 2.04. The number of hydrogen-bond donors (Lipinski definition) is 2. The van der Waals surface area contributed by atoms with Crippen molar-refractivity contribution in [2.45, 2.75) is 29.9 Å². The van der Waals surface area contributed by atoms with Crippen molar-refractivity contribution >= 4 is 45.6 Å². The number of hydrogen-bond acceptors (Lipinski definition) is 8. The van der Waals surface area contributed by atoms with Crippen molar-refractivity contribution in [3.05, 3.63) is 41.9 Å². The predicted octanol–water partition coefficient (Wildman–Crippen LogP) is 4.23. The van der Waals surface area contributed by atoms with Gasteiger partial charge in [0.15, 0.2) is 10.2 Å². The topological polar surface area (TPSA) is 92.9 Å². The Morgan fingerprint density at radius 3 is 2.77 bits per heavy atom. The second-order valence-electron chi connectivity index (χ2n) is 5.33. The fraction of sp³-hybridized carbons (Fsp3) is 0.250. The van der Waals surface area contributed by atoms with Crippen LogP contribution in [0.2, 0.25) is 0 Å². The van der Waals surface area contributed by atoms with Gasteiger partial charge in [-0.05, 0) is 37.6 Å². The highest BCUT2D eigenvalue weighted by Gasteiger charge is 2.21. The Kier molecular flexibility index (Phi) is 5.84. The third-order valence-corrected chi connectivity index (χ3v) is 5.57. The molecule has 0 spiro atoms. The summed E-state index contributed by atoms with van der Waals surface area (Å²) < 4.78 is 18.5. The molecular formula is C16H16FN5O2S2. The molecule has 136 valence electrons. The van der Waals surface area contributed by atoms with Crippen LogP contribution in [0, 0.1) is 12.7 Å². The van der Waals surface area contributed by atoms with Crippen molar-refractivity contribution < 1.29 is 13.7 Å². The number of anilines is 3. The Labute approximate surface area is 157 Å². The molecule has 1 aromatic carbocycles. The third-order valence-electron chi connectivity index (χ3n) is 3.29. The summed E-state index contributed by atoms with van der Waals surface area (Å²) >= 11 is 2.66. The van der Waals surface area contributed by atoms with E-state index < -0.39 is 0 Å². The van der Waals surface area contributed by atoms with Gasteiger partial charge in [-0.25, -0.2) is 4.39 Å². The van der Waals surface area contributed by atoms with Crippen LogP contribution < -0.4 is 10.6 Å². The Hall–Kier alpha value is -2.46. The summed E-state index contributed by atoms with van der Waals surface area (Å²) in [6, 6.07) is 7.62. The van der Waals surface area contributed by atoms with E-state index in [2.05, 4.69) is 26.0 Å². The van der Waals surface area contributed by atoms with E-state index in [9.17, 15) is 9.18 Å². The van der Waals surface area contributed by atoms with E-state index in [0.717, 1.165) is 0 Å². The number of nitrogens with zero attached hydrogens (tertiary/aromatic N) is 3. The molecule has 26 heavy (non-hydrogen) atoms. The average Bonchev–Trinajstić information content (AvgIpc) is 3.23. The molecule has 1 unspecified atom stereocenters. The minimum absolute atomic E-state index is 0.172. The van der Waals surface area contributed by atoms with Gasteiger partial charge in [-0.1, -0.05) is 35.2 Å². The maximum absolute atomic E-state index is 12.9. The van der Waals surface area contributed by atoms with Crippen LogP contribution >= 0.6 is 23.1 Å². The van der Waals surface area contributed by atoms with Gasteiger partial charge >= 0.3 is 0 Å². The van der Waals surface area contributed by atoms with E-state index in [1.54, 1.807) is 25.1 Å². The number of thioether (sulfide) groups is 1. The number of halogens is 1. The van der Waals surface area contributed by atoms with E-state index in [0.29, 0.717) is 33.2 Å². The number of carbonyl (C=O) groups excluding carboxylic acids is 1. The van der Waals surface area contributed by atoms with Crippen LogP contribution in [0.25, 0.3) is 0 Å². The molecule has 1 atom stereocenters. The van der Waals surface area contributed by atoms with Gasteiger partial charge in [0.05, 0.1) is 5.25 Å². The summed E-state index contributed by atoms with van der Waals surface area (Å²) in [7, 11) is 0. The van der Waals surface area contributed by atoms with Crippen molar-refractivity contribution in [1.82, 2.24) is 15.4 Å². The van der Waals surface area contributed by atoms with Gasteiger partial charge in [0.1, 0.15) is 11.6 Å². The van der Waals surface area contributed by atoms with E-state index in [1.165, 1.54) is 35.2 Å². The van der Waals surface area contributed by atoms with Crippen molar-refractivity contribution in [3.63, 3.8) is 0 Å². The van der Waals surface area contributed by atoms with Crippen molar-refractivity contribution in [3.8, 4) is 0 Å². The number of nitrogens with one attached hydrogen (secondary N) is 2. The molecule has 2 heterocycles. The number of carbonyl (C=O) groups is 1. The molecule has 0 saturated heterocycles. The van der Waals surface area contributed by atoms with Crippen LogP contribution in [0.3, 0.4) is 0 Å². The zero-order valence-corrected chi connectivity index (χ0v) is 15.7. The molecule has 2 aromatic heterocycles. The predicted molar refractivity (Wildman–Crippen MR) is 99.4 cm³/mol. The first-order valence-corrected chi connectivity index (χ1v) is 9.50. The lowest BCUT2D eigenvalue weighted by molar-refractivity contribution is -0.115. The molecule has 1 amide bonds. The molecule has 0 radical (unpaired) electrons. The van der Waals surface area contributed by atoms with E-state index in [4.69, 9.17) is 4.52 Å². The number of rotatable bonds is 7. The molecule has 0 aliphatic rings. The molecule has 10 heteroatoms. The summed E-state index contributed by atoms with van der Waals surface area (Å²) in [5.41, 5.74) is 0.713. The van der Waals surface area contributed by atoms with Crippen molar-refractivity contribution in [2.24, 2.45) is 0 Å². The zero-order chi connectivity index (χ0) is 18.5. The Bertz CT molecular complexity index is 881. The lowest BCUT2D eigenvalue weighted by Crippen LogP contribution is -2.24. The summed E-state index contributed by atoms with van der Waals surface area (Å²) in [5.74, 6) is 0.543. The summed E-state index contributed by atoms with van der Waals surface area (Å²) in [4.78, 5) is 12.4. The standard InChI is InChI=1S/C16H16FN5O2S2/c1-3-12(14(23)19-13-8-9(2)24-22-13)25-16-21-20-15(26-16)18-11-6-4-10(17)5-7-11/h4-8,12H,3H2,1-2H3,(H,18,20)(H,19,22,23). The zero-order valence-electron chi connectivity index (χ0n) is 14.0. The van der Waals surface area contributed by atoms with Crippen molar-refractivity contribution in [1.29, 1.82) is 0 Å². The Balaban J connectivity index is 1.60. The highest BCUT2D eigenvalue weighted by Crippen LogP contribution is 2.32. The Morgan fingerprint density at radius 2 is 2.12 bits per heavy atom. The average molecular weight is 393 g/mol. The van der Waals surface area contributed by atoms with Crippen molar-refractivity contribution in [2.75, 3.05) is 10.6 Å². The highest BCUT2D eigenvalue weighted by molar-refractivity contribution is 8.02. The van der Waals surface area contributed by atoms with E-state index in [-0.39, 0.29) is 17.0 Å². The SMILES string of the molecule is CCC(Sc1nnc(Nc2ccc(F)cc2)s1)C(=O)Nc1cc(C)on1. The smallest absolute Gasteiger partial charge is 0.239 e. The molecule has 3 rings (SSSR count). The maximum atomic E-state index is 12.9. The van der Waals surface area contributed by atoms with Crippen LogP contribution in [-0.2, 0) is 4.79 Å². The van der Waals surface area contributed by atoms with Crippen LogP contribution in [0.4, 0.5) is 21.0 Å². The first-order valence-electron chi connectivity index (χ1n) is 7.80. The number of amides is 1. The largest absolute Gasteiger partial charge is 0.360 e. The van der Waals surface area contributed by atoms with E-state index in [1.807, 2.05) is 6.92 Å². The van der Waals surface area contributed by atoms with Gasteiger partial charge < -0.3 is 15.2 Å². The number of benzene rings is 1. The first kappa shape index (κ1) is 18.3. The highest BCUT2D eigenvalue weighted by atomic mass is 32.2. The molecular weight excluding hydrogens is 377 g/mol. The first-order chi connectivity index (χ1) is 12.5. The maximum Gasteiger partial charge on any atom is 0.239 e. The van der Waals surface area contributed by atoms with Gasteiger partial charge in [0.25, 0.3) is 0 Å². The third kappa shape index (κ3) is 4.79. The van der Waals surface area contributed by atoms with Gasteiger partial charge in [0, 0.05) is 11.8 Å². The summed E-state index contributed by atoms with van der Waals surface area (Å²) in [5, 5.41) is 17.9. The van der Waals surface area contributed by atoms with Gasteiger partial charge in [-0.3, -0.25) is 4.79 Å². The fourth-order valence-corrected chi connectivity index (χ4v) is 3.98. The quantitative estimate of drug-likeness (QED) is 0.580. The normalized spacial score (nSPS) is 12.0. The summed E-state index contributed by atoms with van der Waals surface area (Å²) in [6.07, 6.45) is 0.619. The molecule has 3 aromatic rings. The molecule has 2 N–H and O–H groups in total. The molecule has 0 bridgehead atoms.